The summed E-state index contributed by atoms with van der Waals surface area (Å²) < 4.78 is 1.86. The van der Waals surface area contributed by atoms with Crippen LogP contribution in [0.4, 0.5) is 0 Å². The van der Waals surface area contributed by atoms with Gasteiger partial charge in [-0.1, -0.05) is 38.4 Å². The van der Waals surface area contributed by atoms with Crippen LogP contribution in [-0.2, 0) is 5.41 Å². The fraction of sp³-hybridized carbons (Fsp3) is 0.409. The number of aryl methyl sites for hydroxylation is 1. The number of fused-ring (bicyclic) bond motifs is 5. The topological polar surface area (TPSA) is 43.6 Å². The smallest absolute Gasteiger partial charge is 0.0967 e. The first kappa shape index (κ1) is 16.9. The van der Waals surface area contributed by atoms with Gasteiger partial charge in [0, 0.05) is 22.2 Å². The van der Waals surface area contributed by atoms with E-state index in [2.05, 4.69) is 37.0 Å². The summed E-state index contributed by atoms with van der Waals surface area (Å²) in [7, 11) is 0. The van der Waals surface area contributed by atoms with Crippen molar-refractivity contribution in [2.24, 2.45) is 5.41 Å². The summed E-state index contributed by atoms with van der Waals surface area (Å²) in [5.74, 6) is 0.565. The van der Waals surface area contributed by atoms with Gasteiger partial charge in [0.2, 0.25) is 0 Å². The van der Waals surface area contributed by atoms with Crippen molar-refractivity contribution in [3.63, 3.8) is 0 Å². The molecule has 1 saturated carbocycles. The van der Waals surface area contributed by atoms with Crippen molar-refractivity contribution < 1.29 is 0 Å². The van der Waals surface area contributed by atoms with E-state index in [0.29, 0.717) is 10.9 Å². The third-order valence-electron chi connectivity index (χ3n) is 7.20. The molecule has 2 aromatic heterocycles. The van der Waals surface area contributed by atoms with E-state index in [1.165, 1.54) is 24.1 Å². The lowest BCUT2D eigenvalue weighted by atomic mass is 9.70. The molecule has 27 heavy (non-hydrogen) atoms. The lowest BCUT2D eigenvalue weighted by molar-refractivity contribution is 0.226. The molecule has 138 valence electrons. The molecule has 0 spiro atoms. The van der Waals surface area contributed by atoms with Crippen LogP contribution in [0.3, 0.4) is 0 Å². The first-order valence-corrected chi connectivity index (χ1v) is 9.90. The molecule has 5 heteroatoms. The predicted octanol–water partition coefficient (Wildman–Crippen LogP) is 5.47. The summed E-state index contributed by atoms with van der Waals surface area (Å²) in [6.45, 7) is 9.14. The Balaban J connectivity index is 1.60. The summed E-state index contributed by atoms with van der Waals surface area (Å²) in [5, 5.41) is 14.7. The first-order valence-electron chi connectivity index (χ1n) is 9.52. The van der Waals surface area contributed by atoms with Gasteiger partial charge in [-0.05, 0) is 60.9 Å². The summed E-state index contributed by atoms with van der Waals surface area (Å²) >= 11 is 6.13. The van der Waals surface area contributed by atoms with Gasteiger partial charge in [0.05, 0.1) is 22.8 Å². The van der Waals surface area contributed by atoms with Gasteiger partial charge in [-0.15, -0.1) is 0 Å². The maximum Gasteiger partial charge on any atom is 0.0967 e. The molecule has 0 aliphatic heterocycles. The highest BCUT2D eigenvalue weighted by molar-refractivity contribution is 6.30. The largest absolute Gasteiger partial charge is 0.240 e. The molecule has 2 heterocycles. The van der Waals surface area contributed by atoms with Crippen LogP contribution >= 0.6 is 11.6 Å². The van der Waals surface area contributed by atoms with Crippen LogP contribution in [0.1, 0.15) is 56.5 Å². The lowest BCUT2D eigenvalue weighted by Gasteiger charge is -2.33. The van der Waals surface area contributed by atoms with Crippen molar-refractivity contribution in [2.45, 2.75) is 51.9 Å². The molecule has 1 aromatic carbocycles. The fourth-order valence-corrected chi connectivity index (χ4v) is 5.35. The predicted molar refractivity (Wildman–Crippen MR) is 107 cm³/mol. The Labute approximate surface area is 164 Å². The second kappa shape index (κ2) is 5.41. The van der Waals surface area contributed by atoms with Crippen LogP contribution in [0.25, 0.3) is 16.9 Å². The number of hydrogen-bond donors (Lipinski definition) is 0. The number of nitrogens with zero attached hydrogens (tertiary/aromatic N) is 4. The van der Waals surface area contributed by atoms with E-state index in [9.17, 15) is 0 Å². The number of hydrogen-bond acceptors (Lipinski definition) is 3. The summed E-state index contributed by atoms with van der Waals surface area (Å²) in [4.78, 5) is 0. The Morgan fingerprint density at radius 1 is 1.15 bits per heavy atom. The molecule has 0 saturated heterocycles. The normalized spacial score (nSPS) is 25.0. The minimum atomic E-state index is 0.137. The zero-order valence-electron chi connectivity index (χ0n) is 16.1. The van der Waals surface area contributed by atoms with Gasteiger partial charge < -0.3 is 0 Å². The molecular weight excluding hydrogens is 356 g/mol. The number of benzene rings is 1. The van der Waals surface area contributed by atoms with Crippen LogP contribution in [0.5, 0.6) is 0 Å². The first-order chi connectivity index (χ1) is 12.8. The third-order valence-corrected chi connectivity index (χ3v) is 7.43. The second-order valence-corrected chi connectivity index (χ2v) is 9.17. The fourth-order valence-electron chi connectivity index (χ4n) is 5.16. The quantitative estimate of drug-likeness (QED) is 0.594. The van der Waals surface area contributed by atoms with Crippen molar-refractivity contribution in [3.8, 4) is 16.9 Å². The SMILES string of the molecule is Cc1nn(-c2cccc(Cl)c2)cc1-c1cc2c(nn1)[C@@]1(C)CC[C@@H]2C1(C)C. The third kappa shape index (κ3) is 2.19. The summed E-state index contributed by atoms with van der Waals surface area (Å²) in [6.07, 6.45) is 4.47. The zero-order valence-corrected chi connectivity index (χ0v) is 16.9. The monoisotopic (exact) mass is 378 g/mol. The van der Waals surface area contributed by atoms with E-state index in [4.69, 9.17) is 16.7 Å². The van der Waals surface area contributed by atoms with Gasteiger partial charge in [0.25, 0.3) is 0 Å². The van der Waals surface area contributed by atoms with E-state index in [1.54, 1.807) is 0 Å². The van der Waals surface area contributed by atoms with E-state index >= 15 is 0 Å². The minimum Gasteiger partial charge on any atom is -0.240 e. The molecule has 0 radical (unpaired) electrons. The maximum atomic E-state index is 6.13. The van der Waals surface area contributed by atoms with Crippen LogP contribution < -0.4 is 0 Å². The molecule has 2 bridgehead atoms. The van der Waals surface area contributed by atoms with E-state index in [0.717, 1.165) is 22.6 Å². The number of rotatable bonds is 2. The van der Waals surface area contributed by atoms with Crippen molar-refractivity contribution in [1.29, 1.82) is 0 Å². The number of aromatic nitrogens is 4. The molecule has 5 rings (SSSR count). The van der Waals surface area contributed by atoms with Gasteiger partial charge in [-0.2, -0.15) is 15.3 Å². The lowest BCUT2D eigenvalue weighted by Crippen LogP contribution is -2.32. The average Bonchev–Trinajstić information content (AvgIpc) is 3.18. The van der Waals surface area contributed by atoms with Gasteiger partial charge in [0.15, 0.2) is 0 Å². The molecule has 2 aliphatic rings. The highest BCUT2D eigenvalue weighted by Gasteiger charge is 2.60. The van der Waals surface area contributed by atoms with E-state index < -0.39 is 0 Å². The van der Waals surface area contributed by atoms with Crippen LogP contribution in [0.2, 0.25) is 5.02 Å². The van der Waals surface area contributed by atoms with Crippen LogP contribution in [-0.4, -0.2) is 20.0 Å². The van der Waals surface area contributed by atoms with Crippen molar-refractivity contribution >= 4 is 11.6 Å². The Morgan fingerprint density at radius 3 is 2.74 bits per heavy atom. The van der Waals surface area contributed by atoms with Gasteiger partial charge >= 0.3 is 0 Å². The van der Waals surface area contributed by atoms with Crippen LogP contribution in [0, 0.1) is 12.3 Å². The van der Waals surface area contributed by atoms with Crippen molar-refractivity contribution in [2.75, 3.05) is 0 Å². The standard InChI is InChI=1S/C22H23ClN4/c1-13-17(12-27(26-13)15-7-5-6-14(23)10-15)19-11-16-18-8-9-22(4,21(18,2)3)20(16)25-24-19/h5-7,10-12,18H,8-9H2,1-4H3/t18-,22+/m0/s1. The average molecular weight is 379 g/mol. The van der Waals surface area contributed by atoms with E-state index in [1.807, 2.05) is 42.1 Å². The van der Waals surface area contributed by atoms with E-state index in [-0.39, 0.29) is 10.8 Å². The summed E-state index contributed by atoms with van der Waals surface area (Å²) in [5.41, 5.74) is 6.78. The minimum absolute atomic E-state index is 0.137. The van der Waals surface area contributed by atoms with Gasteiger partial charge in [-0.3, -0.25) is 0 Å². The Hall–Kier alpha value is -2.20. The molecule has 3 aromatic rings. The van der Waals surface area contributed by atoms with Gasteiger partial charge in [-0.25, -0.2) is 4.68 Å². The zero-order chi connectivity index (χ0) is 19.0. The van der Waals surface area contributed by atoms with Gasteiger partial charge in [0.1, 0.15) is 0 Å². The van der Waals surface area contributed by atoms with Crippen molar-refractivity contribution in [3.05, 3.63) is 58.5 Å². The Bertz CT molecular complexity index is 1070. The molecule has 1 fully saturated rings. The van der Waals surface area contributed by atoms with Crippen molar-refractivity contribution in [1.82, 2.24) is 20.0 Å². The highest BCUT2D eigenvalue weighted by atomic mass is 35.5. The molecule has 0 unspecified atom stereocenters. The Kier molecular flexibility index (Phi) is 3.40. The second-order valence-electron chi connectivity index (χ2n) is 8.73. The highest BCUT2D eigenvalue weighted by Crippen LogP contribution is 2.67. The summed E-state index contributed by atoms with van der Waals surface area (Å²) in [6, 6.07) is 9.97. The molecule has 0 N–H and O–H groups in total. The molecule has 2 aliphatic carbocycles. The molecule has 0 amide bonds. The van der Waals surface area contributed by atoms with Crippen LogP contribution in [0.15, 0.2) is 36.5 Å². The maximum absolute atomic E-state index is 6.13. The Morgan fingerprint density at radius 2 is 1.96 bits per heavy atom. The molecular formula is C22H23ClN4. The molecule has 4 nitrogen and oxygen atoms in total. The number of halogens is 1. The molecule has 2 atom stereocenters.